The maximum absolute atomic E-state index is 12.5. The lowest BCUT2D eigenvalue weighted by atomic mass is 10.1. The maximum Gasteiger partial charge on any atom is 0.355 e. The number of aliphatic hydroxyl groups excluding tert-OH is 1. The molecule has 0 radical (unpaired) electrons. The summed E-state index contributed by atoms with van der Waals surface area (Å²) < 4.78 is 10.6. The minimum Gasteiger partial charge on any atom is -0.484 e. The van der Waals surface area contributed by atoms with Crippen LogP contribution < -0.4 is 21.0 Å². The Labute approximate surface area is 191 Å². The predicted octanol–water partition coefficient (Wildman–Crippen LogP) is 2.13. The molecule has 0 bridgehead atoms. The molecule has 0 aliphatic heterocycles. The van der Waals surface area contributed by atoms with Gasteiger partial charge in [0.05, 0.1) is 18.3 Å². The minimum atomic E-state index is -1.18. The second-order valence-corrected chi connectivity index (χ2v) is 7.62. The van der Waals surface area contributed by atoms with Gasteiger partial charge in [-0.1, -0.05) is 11.6 Å². The van der Waals surface area contributed by atoms with Crippen molar-refractivity contribution in [1.82, 2.24) is 15.5 Å². The Bertz CT molecular complexity index is 1410. The smallest absolute Gasteiger partial charge is 0.355 e. The van der Waals surface area contributed by atoms with E-state index in [0.29, 0.717) is 16.6 Å². The van der Waals surface area contributed by atoms with Gasteiger partial charge in [0, 0.05) is 22.5 Å². The highest BCUT2D eigenvalue weighted by molar-refractivity contribution is 6.31. The number of fused-ring (bicyclic) bond motifs is 2. The molecule has 2 heterocycles. The van der Waals surface area contributed by atoms with Gasteiger partial charge in [0.2, 0.25) is 5.91 Å². The number of carbonyl (C=O) groups is 2. The van der Waals surface area contributed by atoms with E-state index >= 15 is 0 Å². The maximum atomic E-state index is 12.5. The van der Waals surface area contributed by atoms with Crippen molar-refractivity contribution in [3.8, 4) is 5.75 Å². The van der Waals surface area contributed by atoms with Crippen LogP contribution in [0.2, 0.25) is 5.02 Å². The van der Waals surface area contributed by atoms with E-state index < -0.39 is 36.7 Å². The topological polar surface area (TPSA) is 147 Å². The summed E-state index contributed by atoms with van der Waals surface area (Å²) in [6, 6.07) is 8.69. The Morgan fingerprint density at radius 2 is 2.09 bits per heavy atom. The minimum absolute atomic E-state index is 0.00773. The highest BCUT2D eigenvalue weighted by Crippen LogP contribution is 2.26. The number of hydrogen-bond donors (Lipinski definition) is 4. The van der Waals surface area contributed by atoms with Crippen molar-refractivity contribution in [1.29, 1.82) is 0 Å². The van der Waals surface area contributed by atoms with E-state index in [4.69, 9.17) is 20.8 Å². The molecule has 4 N–H and O–H groups in total. The quantitative estimate of drug-likeness (QED) is 0.302. The van der Waals surface area contributed by atoms with Crippen molar-refractivity contribution < 1.29 is 23.8 Å². The molecule has 4 rings (SSSR count). The molecule has 0 aliphatic carbocycles. The van der Waals surface area contributed by atoms with Gasteiger partial charge in [0.25, 0.3) is 5.91 Å². The molecule has 1 atom stereocenters. The standard InChI is InChI=1S/C22H19ClN4O6/c1-11-15-5-4-14(7-18(15)33-22(31)20(11)23)32-10-19(29)26-17(9-28)21(30)25-13-3-2-12-8-24-27-16(12)6-13/h2-8,17,28H,9-10H2,1H3,(H,24,27)(H,25,30)(H,26,29). The van der Waals surface area contributed by atoms with Gasteiger partial charge in [-0.15, -0.1) is 0 Å². The Balaban J connectivity index is 1.37. The van der Waals surface area contributed by atoms with Crippen LogP contribution in [-0.2, 0) is 9.59 Å². The Hall–Kier alpha value is -3.89. The first-order valence-corrected chi connectivity index (χ1v) is 10.2. The number of halogens is 1. The van der Waals surface area contributed by atoms with Gasteiger partial charge in [-0.05, 0) is 42.8 Å². The summed E-state index contributed by atoms with van der Waals surface area (Å²) in [6.45, 7) is 0.667. The summed E-state index contributed by atoms with van der Waals surface area (Å²) in [5, 5.41) is 22.8. The summed E-state index contributed by atoms with van der Waals surface area (Å²) in [5.74, 6) is -0.938. The number of amides is 2. The van der Waals surface area contributed by atoms with Crippen molar-refractivity contribution in [2.75, 3.05) is 18.5 Å². The number of hydrogen-bond acceptors (Lipinski definition) is 7. The van der Waals surface area contributed by atoms with Crippen LogP contribution in [0.3, 0.4) is 0 Å². The fraction of sp³-hybridized carbons (Fsp3) is 0.182. The van der Waals surface area contributed by atoms with E-state index in [2.05, 4.69) is 20.8 Å². The molecule has 10 nitrogen and oxygen atoms in total. The first kappa shape index (κ1) is 22.3. The molecule has 2 aromatic carbocycles. The molecule has 0 fully saturated rings. The molecular weight excluding hydrogens is 452 g/mol. The number of nitrogens with zero attached hydrogens (tertiary/aromatic N) is 1. The van der Waals surface area contributed by atoms with Crippen LogP contribution in [0.5, 0.6) is 5.75 Å². The van der Waals surface area contributed by atoms with E-state index in [9.17, 15) is 19.5 Å². The third-order valence-electron chi connectivity index (χ3n) is 4.98. The fourth-order valence-corrected chi connectivity index (χ4v) is 3.37. The lowest BCUT2D eigenvalue weighted by Crippen LogP contribution is -2.47. The number of aliphatic hydroxyl groups is 1. The van der Waals surface area contributed by atoms with Gasteiger partial charge in [0.15, 0.2) is 6.61 Å². The summed E-state index contributed by atoms with van der Waals surface area (Å²) in [5.41, 5.74) is 1.39. The van der Waals surface area contributed by atoms with Crippen LogP contribution in [-0.4, -0.2) is 46.4 Å². The van der Waals surface area contributed by atoms with Crippen LogP contribution >= 0.6 is 11.6 Å². The Morgan fingerprint density at radius 1 is 1.27 bits per heavy atom. The molecule has 0 spiro atoms. The van der Waals surface area contributed by atoms with Crippen molar-refractivity contribution in [3.05, 3.63) is 63.6 Å². The van der Waals surface area contributed by atoms with E-state index in [1.165, 1.54) is 6.07 Å². The molecule has 33 heavy (non-hydrogen) atoms. The number of rotatable bonds is 7. The first-order chi connectivity index (χ1) is 15.9. The lowest BCUT2D eigenvalue weighted by Gasteiger charge is -2.16. The van der Waals surface area contributed by atoms with Crippen LogP contribution in [0.15, 0.2) is 51.8 Å². The molecule has 11 heteroatoms. The molecule has 2 aromatic heterocycles. The van der Waals surface area contributed by atoms with Crippen molar-refractivity contribution in [2.45, 2.75) is 13.0 Å². The van der Waals surface area contributed by atoms with Crippen molar-refractivity contribution in [2.24, 2.45) is 0 Å². The number of anilines is 1. The third-order valence-corrected chi connectivity index (χ3v) is 5.42. The SMILES string of the molecule is Cc1c(Cl)c(=O)oc2cc(OCC(=O)NC(CO)C(=O)Nc3ccc4cn[nH]c4c3)ccc12. The predicted molar refractivity (Wildman–Crippen MR) is 121 cm³/mol. The summed E-state index contributed by atoms with van der Waals surface area (Å²) >= 11 is 5.91. The molecule has 170 valence electrons. The first-order valence-electron chi connectivity index (χ1n) is 9.85. The van der Waals surface area contributed by atoms with Gasteiger partial charge >= 0.3 is 5.63 Å². The highest BCUT2D eigenvalue weighted by Gasteiger charge is 2.20. The summed E-state index contributed by atoms with van der Waals surface area (Å²) in [7, 11) is 0. The van der Waals surface area contributed by atoms with Gasteiger partial charge in [-0.3, -0.25) is 14.7 Å². The zero-order valence-corrected chi connectivity index (χ0v) is 18.1. The van der Waals surface area contributed by atoms with Crippen LogP contribution in [0, 0.1) is 6.92 Å². The molecular formula is C22H19ClN4O6. The number of ether oxygens (including phenoxy) is 1. The average Bonchev–Trinajstić information content (AvgIpc) is 3.27. The number of benzene rings is 2. The van der Waals surface area contributed by atoms with Gasteiger partial charge in [-0.25, -0.2) is 4.79 Å². The largest absolute Gasteiger partial charge is 0.484 e. The number of carbonyl (C=O) groups excluding carboxylic acids is 2. The zero-order valence-electron chi connectivity index (χ0n) is 17.3. The number of aromatic amines is 1. The van der Waals surface area contributed by atoms with Gasteiger partial charge in [0.1, 0.15) is 22.4 Å². The molecule has 0 saturated carbocycles. The second kappa shape index (κ2) is 9.31. The lowest BCUT2D eigenvalue weighted by molar-refractivity contribution is -0.128. The normalized spacial score (nSPS) is 12.0. The van der Waals surface area contributed by atoms with Crippen LogP contribution in [0.1, 0.15) is 5.56 Å². The van der Waals surface area contributed by atoms with E-state index in [1.54, 1.807) is 43.5 Å². The highest BCUT2D eigenvalue weighted by atomic mass is 35.5. The zero-order chi connectivity index (χ0) is 23.5. The van der Waals surface area contributed by atoms with E-state index in [0.717, 1.165) is 10.9 Å². The Morgan fingerprint density at radius 3 is 2.88 bits per heavy atom. The number of H-pyrrole nitrogens is 1. The molecule has 4 aromatic rings. The number of aryl methyl sites for hydroxylation is 1. The molecule has 1 unspecified atom stereocenters. The van der Waals surface area contributed by atoms with Gasteiger partial charge in [-0.2, -0.15) is 5.10 Å². The van der Waals surface area contributed by atoms with E-state index in [1.807, 2.05) is 0 Å². The molecule has 2 amide bonds. The number of aromatic nitrogens is 2. The van der Waals surface area contributed by atoms with Crippen molar-refractivity contribution in [3.63, 3.8) is 0 Å². The number of nitrogens with one attached hydrogen (secondary N) is 3. The third kappa shape index (κ3) is 4.81. The van der Waals surface area contributed by atoms with Crippen LogP contribution in [0.25, 0.3) is 21.9 Å². The monoisotopic (exact) mass is 470 g/mol. The Kier molecular flexibility index (Phi) is 6.29. The van der Waals surface area contributed by atoms with Crippen LogP contribution in [0.4, 0.5) is 5.69 Å². The molecule has 0 aliphatic rings. The second-order valence-electron chi connectivity index (χ2n) is 7.24. The summed E-state index contributed by atoms with van der Waals surface area (Å²) in [4.78, 5) is 36.5. The average molecular weight is 471 g/mol. The summed E-state index contributed by atoms with van der Waals surface area (Å²) in [6.07, 6.45) is 1.65. The van der Waals surface area contributed by atoms with Gasteiger partial charge < -0.3 is 24.9 Å². The van der Waals surface area contributed by atoms with E-state index in [-0.39, 0.29) is 16.4 Å². The molecule has 0 saturated heterocycles. The fourth-order valence-electron chi connectivity index (χ4n) is 3.23. The van der Waals surface area contributed by atoms with Crippen molar-refractivity contribution >= 4 is 51.0 Å².